The van der Waals surface area contributed by atoms with Crippen LogP contribution in [0.1, 0.15) is 34.3 Å². The molecule has 9 heteroatoms. The summed E-state index contributed by atoms with van der Waals surface area (Å²) in [5.41, 5.74) is 2.81. The van der Waals surface area contributed by atoms with Crippen LogP contribution >= 0.6 is 10.0 Å². The monoisotopic (exact) mass is 601 g/mol. The smallest absolute Gasteiger partial charge is 0.310 e. The summed E-state index contributed by atoms with van der Waals surface area (Å²) in [4.78, 5) is 40.7. The van der Waals surface area contributed by atoms with Crippen LogP contribution in [0.4, 0.5) is 0 Å². The standard InChI is InChI=1S/C34H39N3O5S/c1-23-10-17-30-29(20-23)33(39)37(36-35-30)21-26-13-16-28(31(26)34(40)41-18-19-43(2,3)4)32(38)25-11-14-27(15-12-25)42-22-24-8-6-5-7-9-24/h5-12,14-15,17,20,26,28,31H,13,16,18-19,21-22H2,1-4H3/t26-,28-,31-/m0/s1. The molecule has 3 atom stereocenters. The van der Waals surface area contributed by atoms with Crippen molar-refractivity contribution >= 4 is 32.7 Å². The van der Waals surface area contributed by atoms with E-state index in [1.807, 2.05) is 43.3 Å². The number of fused-ring (bicyclic) bond motifs is 1. The molecule has 0 amide bonds. The molecule has 0 spiro atoms. The number of Topliss-reactive ketones (excluding diaryl/α,β-unsaturated/α-hetero) is 1. The highest BCUT2D eigenvalue weighted by molar-refractivity contribution is 8.32. The molecule has 1 fully saturated rings. The number of carbonyl (C=O) groups is 2. The maximum atomic E-state index is 13.8. The van der Waals surface area contributed by atoms with Gasteiger partial charge in [-0.25, -0.2) is 14.7 Å². The van der Waals surface area contributed by atoms with Crippen LogP contribution in [-0.2, 0) is 22.7 Å². The van der Waals surface area contributed by atoms with Gasteiger partial charge in [-0.1, -0.05) is 47.2 Å². The Labute approximate surface area is 253 Å². The van der Waals surface area contributed by atoms with E-state index in [9.17, 15) is 14.4 Å². The first kappa shape index (κ1) is 30.5. The second kappa shape index (κ2) is 13.1. The van der Waals surface area contributed by atoms with Gasteiger partial charge in [-0.2, -0.15) is 0 Å². The summed E-state index contributed by atoms with van der Waals surface area (Å²) in [5.74, 6) is -0.562. The number of aromatic nitrogens is 3. The van der Waals surface area contributed by atoms with Gasteiger partial charge in [0.2, 0.25) is 0 Å². The van der Waals surface area contributed by atoms with E-state index in [1.54, 1.807) is 36.4 Å². The lowest BCUT2D eigenvalue weighted by molar-refractivity contribution is -0.150. The Morgan fingerprint density at radius 3 is 2.44 bits per heavy atom. The molecule has 0 saturated heterocycles. The Morgan fingerprint density at radius 1 is 0.977 bits per heavy atom. The van der Waals surface area contributed by atoms with Gasteiger partial charge in [0.15, 0.2) is 5.78 Å². The van der Waals surface area contributed by atoms with E-state index in [0.717, 1.165) is 16.9 Å². The van der Waals surface area contributed by atoms with Crippen LogP contribution < -0.4 is 10.3 Å². The highest BCUT2D eigenvalue weighted by Gasteiger charge is 2.46. The number of hydrogen-bond donors (Lipinski definition) is 0. The van der Waals surface area contributed by atoms with Gasteiger partial charge in [-0.05, 0) is 86.4 Å². The lowest BCUT2D eigenvalue weighted by Gasteiger charge is -2.27. The van der Waals surface area contributed by atoms with E-state index in [4.69, 9.17) is 9.47 Å². The van der Waals surface area contributed by atoms with Gasteiger partial charge in [0.1, 0.15) is 17.9 Å². The first-order valence-corrected chi connectivity index (χ1v) is 17.6. The molecule has 1 aromatic heterocycles. The highest BCUT2D eigenvalue weighted by atomic mass is 32.3. The second-order valence-corrected chi connectivity index (χ2v) is 16.8. The number of hydrogen-bond acceptors (Lipinski definition) is 7. The maximum Gasteiger partial charge on any atom is 0.310 e. The molecule has 3 aromatic carbocycles. The number of nitrogens with zero attached hydrogens (tertiary/aromatic N) is 3. The molecular weight excluding hydrogens is 562 g/mol. The maximum absolute atomic E-state index is 13.8. The number of carbonyl (C=O) groups excluding carboxylic acids is 2. The molecule has 1 heterocycles. The topological polar surface area (TPSA) is 100 Å². The quantitative estimate of drug-likeness (QED) is 0.167. The van der Waals surface area contributed by atoms with E-state index in [2.05, 4.69) is 29.1 Å². The molecule has 5 rings (SSSR count). The van der Waals surface area contributed by atoms with Gasteiger partial charge in [-0.3, -0.25) is 14.4 Å². The van der Waals surface area contributed by atoms with Crippen LogP contribution in [0.2, 0.25) is 0 Å². The van der Waals surface area contributed by atoms with Crippen molar-refractivity contribution < 1.29 is 19.1 Å². The highest BCUT2D eigenvalue weighted by Crippen LogP contribution is 2.41. The van der Waals surface area contributed by atoms with E-state index < -0.39 is 21.9 Å². The summed E-state index contributed by atoms with van der Waals surface area (Å²) in [6.45, 7) is 2.85. The molecule has 0 N–H and O–H groups in total. The summed E-state index contributed by atoms with van der Waals surface area (Å²) >= 11 is 0. The fourth-order valence-corrected chi connectivity index (χ4v) is 6.21. The number of aryl methyl sites for hydroxylation is 1. The summed E-state index contributed by atoms with van der Waals surface area (Å²) < 4.78 is 13.0. The van der Waals surface area contributed by atoms with Crippen molar-refractivity contribution in [1.29, 1.82) is 0 Å². The number of esters is 1. The average molecular weight is 602 g/mol. The lowest BCUT2D eigenvalue weighted by Crippen LogP contribution is -2.36. The van der Waals surface area contributed by atoms with Crippen LogP contribution in [0, 0.1) is 24.7 Å². The summed E-state index contributed by atoms with van der Waals surface area (Å²) in [5, 5.41) is 8.90. The predicted molar refractivity (Wildman–Crippen MR) is 171 cm³/mol. The molecule has 0 radical (unpaired) electrons. The van der Waals surface area contributed by atoms with Gasteiger partial charge in [0, 0.05) is 17.2 Å². The lowest BCUT2D eigenvalue weighted by atomic mass is 9.84. The van der Waals surface area contributed by atoms with Gasteiger partial charge in [-0.15, -0.1) is 5.10 Å². The van der Waals surface area contributed by atoms with E-state index >= 15 is 0 Å². The van der Waals surface area contributed by atoms with Crippen LogP contribution in [0.15, 0.2) is 77.6 Å². The minimum Gasteiger partial charge on any atom is -0.489 e. The molecule has 1 aliphatic rings. The minimum atomic E-state index is -0.855. The Kier molecular flexibility index (Phi) is 9.30. The van der Waals surface area contributed by atoms with Crippen molar-refractivity contribution in [2.75, 3.05) is 31.1 Å². The first-order valence-electron chi connectivity index (χ1n) is 14.6. The van der Waals surface area contributed by atoms with Crippen LogP contribution in [-0.4, -0.2) is 57.9 Å². The average Bonchev–Trinajstić information content (AvgIpc) is 3.41. The third kappa shape index (κ3) is 7.51. The van der Waals surface area contributed by atoms with Gasteiger partial charge < -0.3 is 9.47 Å². The predicted octanol–water partition coefficient (Wildman–Crippen LogP) is 5.44. The largest absolute Gasteiger partial charge is 0.489 e. The van der Waals surface area contributed by atoms with Gasteiger partial charge >= 0.3 is 5.97 Å². The van der Waals surface area contributed by atoms with Gasteiger partial charge in [0.05, 0.1) is 24.5 Å². The van der Waals surface area contributed by atoms with Crippen molar-refractivity contribution in [3.05, 3.63) is 99.8 Å². The first-order chi connectivity index (χ1) is 20.6. The summed E-state index contributed by atoms with van der Waals surface area (Å²) in [6.07, 6.45) is 7.63. The van der Waals surface area contributed by atoms with Crippen molar-refractivity contribution in [1.82, 2.24) is 15.0 Å². The second-order valence-electron chi connectivity index (χ2n) is 12.2. The molecule has 0 unspecified atom stereocenters. The number of rotatable bonds is 11. The minimum absolute atomic E-state index is 0.104. The van der Waals surface area contributed by atoms with Gasteiger partial charge in [0.25, 0.3) is 5.56 Å². The zero-order chi connectivity index (χ0) is 30.6. The molecular formula is C34H39N3O5S. The molecule has 4 aromatic rings. The van der Waals surface area contributed by atoms with E-state index in [0.29, 0.717) is 48.3 Å². The van der Waals surface area contributed by atoms with Crippen molar-refractivity contribution in [2.45, 2.75) is 32.9 Å². The fourth-order valence-electron chi connectivity index (χ4n) is 5.63. The summed E-state index contributed by atoms with van der Waals surface area (Å²) in [6, 6.07) is 22.4. The van der Waals surface area contributed by atoms with Crippen LogP contribution in [0.25, 0.3) is 10.9 Å². The van der Waals surface area contributed by atoms with E-state index in [-0.39, 0.29) is 29.8 Å². The number of ketones is 1. The Hall–Kier alpha value is -3.98. The molecule has 1 saturated carbocycles. The third-order valence-corrected chi connectivity index (χ3v) is 9.40. The molecule has 8 nitrogen and oxygen atoms in total. The van der Waals surface area contributed by atoms with Crippen molar-refractivity contribution in [3.8, 4) is 5.75 Å². The van der Waals surface area contributed by atoms with Crippen LogP contribution in [0.3, 0.4) is 0 Å². The van der Waals surface area contributed by atoms with Crippen molar-refractivity contribution in [3.63, 3.8) is 0 Å². The Morgan fingerprint density at radius 2 is 1.72 bits per heavy atom. The number of benzene rings is 3. The Bertz CT molecular complexity index is 1650. The van der Waals surface area contributed by atoms with Crippen molar-refractivity contribution in [2.24, 2.45) is 17.8 Å². The fraction of sp³-hybridized carbons (Fsp3) is 0.382. The summed E-state index contributed by atoms with van der Waals surface area (Å²) in [7, 11) is -0.855. The zero-order valence-corrected chi connectivity index (χ0v) is 26.0. The Balaban J connectivity index is 1.35. The SMILES string of the molecule is Cc1ccc2nnn(C[C@@H]3CC[C@H](C(=O)c4ccc(OCc5ccccc5)cc4)[C@H]3C(=O)OCCS(C)(C)C)c(=O)c2c1. The molecule has 0 aliphatic heterocycles. The van der Waals surface area contributed by atoms with Crippen LogP contribution in [0.5, 0.6) is 5.75 Å². The zero-order valence-electron chi connectivity index (χ0n) is 25.2. The molecule has 43 heavy (non-hydrogen) atoms. The molecule has 226 valence electrons. The number of ether oxygens (including phenoxy) is 2. The normalized spacial score (nSPS) is 18.8. The molecule has 0 bridgehead atoms. The molecule has 1 aliphatic carbocycles. The van der Waals surface area contributed by atoms with E-state index in [1.165, 1.54) is 4.68 Å². The third-order valence-electron chi connectivity index (χ3n) is 8.01.